The fraction of sp³-hybridized carbons (Fsp3) is 0.526. The minimum absolute atomic E-state index is 0.246. The van der Waals surface area contributed by atoms with Crippen molar-refractivity contribution in [2.24, 2.45) is 0 Å². The third kappa shape index (κ3) is 5.63. The Bertz CT molecular complexity index is 910. The zero-order valence-electron chi connectivity index (χ0n) is 17.3. The molecule has 2 N–H and O–H groups in total. The van der Waals surface area contributed by atoms with Crippen LogP contribution >= 0.6 is 11.3 Å². The molecule has 30 heavy (non-hydrogen) atoms. The van der Waals surface area contributed by atoms with E-state index in [-0.39, 0.29) is 10.8 Å². The molecule has 0 radical (unpaired) electrons. The standard InChI is InChI=1S/C19H26N6O4S/c1-4-14-17(18(27)28)30-19(22-14)23-15-11-16(21-12(2)20-15)25-7-5-24(6-8-25)9-10-29-13(3)26/h11H,4-10H2,1-3H3,(H,27,28)(H,20,21,22,23). The van der Waals surface area contributed by atoms with E-state index in [2.05, 4.69) is 30.1 Å². The molecule has 0 unspecified atom stereocenters. The van der Waals surface area contributed by atoms with E-state index in [1.807, 2.05) is 19.9 Å². The molecular weight excluding hydrogens is 408 g/mol. The maximum absolute atomic E-state index is 11.4. The molecule has 0 bridgehead atoms. The topological polar surface area (TPSA) is 121 Å². The number of thiazole rings is 1. The Kier molecular flexibility index (Phi) is 7.16. The van der Waals surface area contributed by atoms with Crippen LogP contribution in [0, 0.1) is 6.92 Å². The van der Waals surface area contributed by atoms with E-state index in [9.17, 15) is 14.7 Å². The average molecular weight is 435 g/mol. The van der Waals surface area contributed by atoms with E-state index >= 15 is 0 Å². The number of carboxylic acids is 1. The van der Waals surface area contributed by atoms with Gasteiger partial charge >= 0.3 is 11.9 Å². The molecule has 1 fully saturated rings. The second kappa shape index (κ2) is 9.81. The third-order valence-electron chi connectivity index (χ3n) is 4.70. The Balaban J connectivity index is 1.65. The molecule has 1 aliphatic rings. The lowest BCUT2D eigenvalue weighted by atomic mass is 10.3. The predicted molar refractivity (Wildman–Crippen MR) is 114 cm³/mol. The number of aryl methyl sites for hydroxylation is 2. The van der Waals surface area contributed by atoms with Crippen molar-refractivity contribution in [2.75, 3.05) is 49.5 Å². The predicted octanol–water partition coefficient (Wildman–Crippen LogP) is 1.93. The number of carbonyl (C=O) groups is 2. The first kappa shape index (κ1) is 21.9. The van der Waals surface area contributed by atoms with Crippen molar-refractivity contribution in [1.29, 1.82) is 0 Å². The van der Waals surface area contributed by atoms with Gasteiger partial charge in [-0.3, -0.25) is 9.69 Å². The van der Waals surface area contributed by atoms with Crippen molar-refractivity contribution in [2.45, 2.75) is 27.2 Å². The summed E-state index contributed by atoms with van der Waals surface area (Å²) in [6.07, 6.45) is 0.551. The molecule has 0 saturated carbocycles. The number of piperazine rings is 1. The zero-order valence-corrected chi connectivity index (χ0v) is 18.2. The number of hydrogen-bond acceptors (Lipinski definition) is 10. The highest BCUT2D eigenvalue weighted by atomic mass is 32.1. The van der Waals surface area contributed by atoms with Crippen molar-refractivity contribution < 1.29 is 19.4 Å². The minimum Gasteiger partial charge on any atom is -0.477 e. The lowest BCUT2D eigenvalue weighted by molar-refractivity contribution is -0.141. The number of aromatic nitrogens is 3. The zero-order chi connectivity index (χ0) is 21.7. The van der Waals surface area contributed by atoms with Gasteiger partial charge in [0.15, 0.2) is 5.13 Å². The number of rotatable bonds is 8. The van der Waals surface area contributed by atoms with Gasteiger partial charge in [0.05, 0.1) is 5.69 Å². The summed E-state index contributed by atoms with van der Waals surface area (Å²) in [6.45, 7) is 9.55. The molecule has 0 spiro atoms. The van der Waals surface area contributed by atoms with Crippen LogP contribution in [0.25, 0.3) is 0 Å². The second-order valence-corrected chi connectivity index (χ2v) is 7.90. The number of hydrogen-bond donors (Lipinski definition) is 2. The molecule has 2 aromatic heterocycles. The number of nitrogens with one attached hydrogen (secondary N) is 1. The van der Waals surface area contributed by atoms with E-state index in [0.29, 0.717) is 35.5 Å². The fourth-order valence-corrected chi connectivity index (χ4v) is 4.12. The van der Waals surface area contributed by atoms with Gasteiger partial charge in [-0.05, 0) is 13.3 Å². The van der Waals surface area contributed by atoms with Crippen molar-refractivity contribution in [1.82, 2.24) is 19.9 Å². The van der Waals surface area contributed by atoms with Gasteiger partial charge in [0.1, 0.15) is 28.9 Å². The molecule has 10 nitrogen and oxygen atoms in total. The summed E-state index contributed by atoms with van der Waals surface area (Å²) in [5.41, 5.74) is 0.561. The average Bonchev–Trinajstić information content (AvgIpc) is 3.11. The van der Waals surface area contributed by atoms with Crippen LogP contribution in [-0.4, -0.2) is 76.2 Å². The normalized spacial score (nSPS) is 14.6. The van der Waals surface area contributed by atoms with Crippen LogP contribution in [0.5, 0.6) is 0 Å². The molecule has 3 heterocycles. The summed E-state index contributed by atoms with van der Waals surface area (Å²) in [4.78, 5) is 40.3. The molecule has 0 amide bonds. The molecule has 0 aromatic carbocycles. The van der Waals surface area contributed by atoms with Crippen molar-refractivity contribution in [3.63, 3.8) is 0 Å². The summed E-state index contributed by atoms with van der Waals surface area (Å²) in [7, 11) is 0. The van der Waals surface area contributed by atoms with Crippen molar-refractivity contribution in [3.05, 3.63) is 22.5 Å². The number of esters is 1. The van der Waals surface area contributed by atoms with Gasteiger partial charge in [-0.15, -0.1) is 0 Å². The Hall–Kier alpha value is -2.79. The lowest BCUT2D eigenvalue weighted by Gasteiger charge is -2.35. The van der Waals surface area contributed by atoms with Gasteiger partial charge in [-0.1, -0.05) is 18.3 Å². The molecule has 0 aliphatic carbocycles. The monoisotopic (exact) mass is 434 g/mol. The first-order valence-corrected chi connectivity index (χ1v) is 10.6. The van der Waals surface area contributed by atoms with Gasteiger partial charge in [0.25, 0.3) is 0 Å². The number of carbonyl (C=O) groups excluding carboxylic acids is 1. The highest BCUT2D eigenvalue weighted by Gasteiger charge is 2.20. The highest BCUT2D eigenvalue weighted by Crippen LogP contribution is 2.27. The van der Waals surface area contributed by atoms with E-state index in [4.69, 9.17) is 4.74 Å². The molecular formula is C19H26N6O4S. The van der Waals surface area contributed by atoms with Crippen LogP contribution in [0.4, 0.5) is 16.8 Å². The molecule has 1 saturated heterocycles. The summed E-state index contributed by atoms with van der Waals surface area (Å²) < 4.78 is 5.01. The Morgan fingerprint density at radius 1 is 1.23 bits per heavy atom. The quantitative estimate of drug-likeness (QED) is 0.596. The summed E-state index contributed by atoms with van der Waals surface area (Å²) in [6, 6.07) is 1.86. The van der Waals surface area contributed by atoms with Gasteiger partial charge in [-0.2, -0.15) is 0 Å². The van der Waals surface area contributed by atoms with Gasteiger partial charge in [-0.25, -0.2) is 19.7 Å². The van der Waals surface area contributed by atoms with E-state index in [1.54, 1.807) is 0 Å². The number of nitrogens with zero attached hydrogens (tertiary/aromatic N) is 5. The van der Waals surface area contributed by atoms with Crippen LogP contribution in [0.3, 0.4) is 0 Å². The summed E-state index contributed by atoms with van der Waals surface area (Å²) >= 11 is 1.11. The Labute approximate surface area is 178 Å². The van der Waals surface area contributed by atoms with Crippen LogP contribution in [0.2, 0.25) is 0 Å². The second-order valence-electron chi connectivity index (χ2n) is 6.91. The maximum Gasteiger partial charge on any atom is 0.347 e. The molecule has 3 rings (SSSR count). The SMILES string of the molecule is CCc1nc(Nc2cc(N3CCN(CCOC(C)=O)CC3)nc(C)n2)sc1C(=O)O. The highest BCUT2D eigenvalue weighted by molar-refractivity contribution is 7.17. The van der Waals surface area contributed by atoms with Crippen LogP contribution < -0.4 is 10.2 Å². The van der Waals surface area contributed by atoms with Gasteiger partial charge in [0, 0.05) is 45.7 Å². The van der Waals surface area contributed by atoms with E-state index < -0.39 is 5.97 Å². The summed E-state index contributed by atoms with van der Waals surface area (Å²) in [5, 5.41) is 13.0. The molecule has 0 atom stereocenters. The number of aromatic carboxylic acids is 1. The first-order valence-electron chi connectivity index (χ1n) is 9.82. The molecule has 2 aromatic rings. The molecule has 162 valence electrons. The minimum atomic E-state index is -0.969. The number of carboxylic acid groups (broad SMARTS) is 1. The maximum atomic E-state index is 11.4. The first-order chi connectivity index (χ1) is 14.4. The molecule has 11 heteroatoms. The van der Waals surface area contributed by atoms with Crippen LogP contribution in [0.1, 0.15) is 35.0 Å². The van der Waals surface area contributed by atoms with Gasteiger partial charge < -0.3 is 20.1 Å². The number of ether oxygens (including phenoxy) is 1. The smallest absolute Gasteiger partial charge is 0.347 e. The fourth-order valence-electron chi connectivity index (χ4n) is 3.22. The largest absolute Gasteiger partial charge is 0.477 e. The van der Waals surface area contributed by atoms with Crippen LogP contribution in [-0.2, 0) is 16.0 Å². The summed E-state index contributed by atoms with van der Waals surface area (Å²) in [5.74, 6) is 0.798. The Morgan fingerprint density at radius 2 is 1.97 bits per heavy atom. The van der Waals surface area contributed by atoms with Gasteiger partial charge in [0.2, 0.25) is 0 Å². The molecule has 1 aliphatic heterocycles. The Morgan fingerprint density at radius 3 is 2.57 bits per heavy atom. The third-order valence-corrected chi connectivity index (χ3v) is 5.70. The van der Waals surface area contributed by atoms with E-state index in [0.717, 1.165) is 49.9 Å². The van der Waals surface area contributed by atoms with Crippen LogP contribution in [0.15, 0.2) is 6.07 Å². The van der Waals surface area contributed by atoms with Crippen molar-refractivity contribution in [3.8, 4) is 0 Å². The number of anilines is 3. The van der Waals surface area contributed by atoms with Crippen molar-refractivity contribution >= 4 is 40.0 Å². The lowest BCUT2D eigenvalue weighted by Crippen LogP contribution is -2.47. The van der Waals surface area contributed by atoms with E-state index in [1.165, 1.54) is 6.92 Å².